The van der Waals surface area contributed by atoms with Crippen LogP contribution in [0.1, 0.15) is 57.1 Å². The van der Waals surface area contributed by atoms with Crippen molar-refractivity contribution in [2.45, 2.75) is 58.4 Å². The Kier molecular flexibility index (Phi) is 12.4. The van der Waals surface area contributed by atoms with Gasteiger partial charge >= 0.3 is 5.97 Å². The number of carboxylic acid groups (broad SMARTS) is 1. The van der Waals surface area contributed by atoms with Gasteiger partial charge in [-0.1, -0.05) is 44.5 Å². The van der Waals surface area contributed by atoms with Crippen LogP contribution < -0.4 is 16.2 Å². The van der Waals surface area contributed by atoms with Crippen LogP contribution in [0.15, 0.2) is 24.3 Å². The van der Waals surface area contributed by atoms with Crippen molar-refractivity contribution in [3.05, 3.63) is 35.4 Å². The molecule has 9 heteroatoms. The third-order valence-corrected chi connectivity index (χ3v) is 4.66. The number of hydrogen-bond acceptors (Lipinski definition) is 6. The van der Waals surface area contributed by atoms with Crippen molar-refractivity contribution in [3.8, 4) is 0 Å². The normalized spacial score (nSPS) is 13.2. The van der Waals surface area contributed by atoms with Crippen LogP contribution in [0, 0.1) is 5.92 Å². The molecule has 0 aromatic heterocycles. The quantitative estimate of drug-likeness (QED) is 0.412. The molecule has 0 spiro atoms. The lowest BCUT2D eigenvalue weighted by Gasteiger charge is -2.12. The van der Waals surface area contributed by atoms with Gasteiger partial charge in [-0.25, -0.2) is 8.42 Å². The number of carbonyl (C=O) groups excluding carboxylic acids is 1. The standard InChI is InChI=1S/C14H21NO3S.C6H14N2O2/c1-10(2)9-12-5-7-13(8-6-12)11(3)14(16)15-19(4,17)18;7-4-2-1-3-5(8)6(9)10/h5-8,10-11H,9H2,1-4H3,(H,15,16);5H,1-4,7-8H2,(H,9,10)/t11-;5-/m10/s1. The first kappa shape index (κ1) is 27.0. The van der Waals surface area contributed by atoms with Gasteiger partial charge in [-0.15, -0.1) is 0 Å². The summed E-state index contributed by atoms with van der Waals surface area (Å²) < 4.78 is 24.0. The summed E-state index contributed by atoms with van der Waals surface area (Å²) in [5.41, 5.74) is 12.5. The van der Waals surface area contributed by atoms with Crippen molar-refractivity contribution >= 4 is 21.9 Å². The predicted molar refractivity (Wildman–Crippen MR) is 115 cm³/mol. The largest absolute Gasteiger partial charge is 0.480 e. The number of nitrogens with two attached hydrogens (primary N) is 2. The van der Waals surface area contributed by atoms with E-state index in [4.69, 9.17) is 16.6 Å². The minimum absolute atomic E-state index is 0.483. The zero-order chi connectivity index (χ0) is 22.6. The molecule has 1 rings (SSSR count). The lowest BCUT2D eigenvalue weighted by Crippen LogP contribution is -2.32. The first-order chi connectivity index (χ1) is 13.4. The van der Waals surface area contributed by atoms with Crippen molar-refractivity contribution in [2.24, 2.45) is 17.4 Å². The number of rotatable bonds is 10. The van der Waals surface area contributed by atoms with Gasteiger partial charge in [-0.05, 0) is 49.8 Å². The number of amides is 1. The van der Waals surface area contributed by atoms with Gasteiger partial charge in [0.2, 0.25) is 15.9 Å². The van der Waals surface area contributed by atoms with E-state index in [9.17, 15) is 18.0 Å². The summed E-state index contributed by atoms with van der Waals surface area (Å²) in [6.45, 7) is 6.59. The number of carboxylic acids is 1. The van der Waals surface area contributed by atoms with E-state index in [1.807, 2.05) is 29.0 Å². The molecule has 1 aromatic rings. The molecule has 166 valence electrons. The highest BCUT2D eigenvalue weighted by Gasteiger charge is 2.18. The molecule has 29 heavy (non-hydrogen) atoms. The van der Waals surface area contributed by atoms with E-state index >= 15 is 0 Å². The molecule has 0 aliphatic heterocycles. The summed E-state index contributed by atoms with van der Waals surface area (Å²) >= 11 is 0. The molecule has 0 unspecified atom stereocenters. The summed E-state index contributed by atoms with van der Waals surface area (Å²) in [4.78, 5) is 21.9. The molecule has 0 aliphatic carbocycles. The molecule has 1 aromatic carbocycles. The van der Waals surface area contributed by atoms with Crippen LogP contribution in [0.4, 0.5) is 0 Å². The summed E-state index contributed by atoms with van der Waals surface area (Å²) in [6, 6.07) is 7.01. The number of nitrogens with one attached hydrogen (secondary N) is 1. The Morgan fingerprint density at radius 1 is 1.10 bits per heavy atom. The van der Waals surface area contributed by atoms with Crippen molar-refractivity contribution < 1.29 is 23.1 Å². The molecular formula is C20H35N3O5S. The molecule has 8 nitrogen and oxygen atoms in total. The molecule has 0 heterocycles. The van der Waals surface area contributed by atoms with E-state index in [1.54, 1.807) is 6.92 Å². The Morgan fingerprint density at radius 2 is 1.66 bits per heavy atom. The van der Waals surface area contributed by atoms with Crippen LogP contribution in [0.2, 0.25) is 0 Å². The summed E-state index contributed by atoms with van der Waals surface area (Å²) in [7, 11) is -3.50. The van der Waals surface area contributed by atoms with Gasteiger partial charge in [-0.3, -0.25) is 14.3 Å². The summed E-state index contributed by atoms with van der Waals surface area (Å²) in [5, 5.41) is 8.33. The second-order valence-corrected chi connectivity index (χ2v) is 9.28. The Labute approximate surface area is 174 Å². The highest BCUT2D eigenvalue weighted by atomic mass is 32.2. The Balaban J connectivity index is 0.000000665. The minimum Gasteiger partial charge on any atom is -0.480 e. The number of sulfonamides is 1. The van der Waals surface area contributed by atoms with Gasteiger partial charge in [0, 0.05) is 0 Å². The first-order valence-corrected chi connectivity index (χ1v) is 11.6. The second kappa shape index (κ2) is 13.3. The molecule has 0 fully saturated rings. The molecule has 0 aliphatic rings. The highest BCUT2D eigenvalue weighted by Crippen LogP contribution is 2.17. The smallest absolute Gasteiger partial charge is 0.320 e. The minimum atomic E-state index is -3.50. The molecule has 1 amide bonds. The molecule has 2 atom stereocenters. The van der Waals surface area contributed by atoms with Gasteiger partial charge in [0.25, 0.3) is 0 Å². The second-order valence-electron chi connectivity index (χ2n) is 7.53. The maximum absolute atomic E-state index is 11.7. The summed E-state index contributed by atoms with van der Waals surface area (Å²) in [6.07, 6.45) is 4.13. The maximum atomic E-state index is 11.7. The number of aliphatic carboxylic acids is 1. The van der Waals surface area contributed by atoms with E-state index < -0.39 is 33.9 Å². The number of carbonyl (C=O) groups is 2. The van der Waals surface area contributed by atoms with Crippen LogP contribution in [0.5, 0.6) is 0 Å². The lowest BCUT2D eigenvalue weighted by atomic mass is 9.96. The third-order valence-electron chi connectivity index (χ3n) is 4.09. The zero-order valence-electron chi connectivity index (χ0n) is 17.7. The van der Waals surface area contributed by atoms with Crippen LogP contribution in [0.25, 0.3) is 0 Å². The number of benzene rings is 1. The van der Waals surface area contributed by atoms with Crippen LogP contribution in [-0.2, 0) is 26.0 Å². The maximum Gasteiger partial charge on any atom is 0.320 e. The Hall–Kier alpha value is -1.97. The molecular weight excluding hydrogens is 394 g/mol. The van der Waals surface area contributed by atoms with E-state index in [0.29, 0.717) is 18.9 Å². The molecule has 0 bridgehead atoms. The molecule has 6 N–H and O–H groups in total. The van der Waals surface area contributed by atoms with Gasteiger partial charge in [0.1, 0.15) is 6.04 Å². The molecule has 0 saturated heterocycles. The van der Waals surface area contributed by atoms with Crippen molar-refractivity contribution in [1.29, 1.82) is 0 Å². The lowest BCUT2D eigenvalue weighted by molar-refractivity contribution is -0.138. The average molecular weight is 430 g/mol. The van der Waals surface area contributed by atoms with Gasteiger partial charge < -0.3 is 16.6 Å². The molecule has 0 saturated carbocycles. The first-order valence-electron chi connectivity index (χ1n) is 9.66. The third kappa shape index (κ3) is 13.0. The zero-order valence-corrected chi connectivity index (χ0v) is 18.5. The monoisotopic (exact) mass is 429 g/mol. The fraction of sp³-hybridized carbons (Fsp3) is 0.600. The van der Waals surface area contributed by atoms with Crippen LogP contribution in [0.3, 0.4) is 0 Å². The highest BCUT2D eigenvalue weighted by molar-refractivity contribution is 7.89. The topological polar surface area (TPSA) is 153 Å². The van der Waals surface area contributed by atoms with Crippen LogP contribution >= 0.6 is 0 Å². The number of unbranched alkanes of at least 4 members (excludes halogenated alkanes) is 1. The van der Waals surface area contributed by atoms with E-state index in [0.717, 1.165) is 31.1 Å². The Morgan fingerprint density at radius 3 is 2.07 bits per heavy atom. The molecule has 0 radical (unpaired) electrons. The average Bonchev–Trinajstić information content (AvgIpc) is 2.60. The fourth-order valence-electron chi connectivity index (χ4n) is 2.47. The summed E-state index contributed by atoms with van der Waals surface area (Å²) in [5.74, 6) is -1.34. The Bertz CT molecular complexity index is 733. The van der Waals surface area contributed by atoms with Gasteiger partial charge in [0.05, 0.1) is 12.2 Å². The predicted octanol–water partition coefficient (Wildman–Crippen LogP) is 1.59. The van der Waals surface area contributed by atoms with Crippen molar-refractivity contribution in [1.82, 2.24) is 4.72 Å². The fourth-order valence-corrected chi connectivity index (χ4v) is 3.01. The van der Waals surface area contributed by atoms with E-state index in [1.165, 1.54) is 5.56 Å². The van der Waals surface area contributed by atoms with Crippen molar-refractivity contribution in [2.75, 3.05) is 12.8 Å². The van der Waals surface area contributed by atoms with Crippen molar-refractivity contribution in [3.63, 3.8) is 0 Å². The van der Waals surface area contributed by atoms with E-state index in [2.05, 4.69) is 13.8 Å². The van der Waals surface area contributed by atoms with Crippen LogP contribution in [-0.4, -0.2) is 44.2 Å². The number of hydrogen-bond donors (Lipinski definition) is 4. The van der Waals surface area contributed by atoms with E-state index in [-0.39, 0.29) is 0 Å². The SMILES string of the molecule is CC(C)Cc1ccc([C@@H](C)C(=O)NS(C)(=O)=O)cc1.NCCCC[C@H](N)C(=O)O. The van der Waals surface area contributed by atoms with Gasteiger partial charge in [-0.2, -0.15) is 0 Å². The van der Waals surface area contributed by atoms with Gasteiger partial charge in [0.15, 0.2) is 0 Å².